The van der Waals surface area contributed by atoms with Gasteiger partial charge in [-0.3, -0.25) is 0 Å². The molecule has 200 valence electrons. The van der Waals surface area contributed by atoms with E-state index in [1.54, 1.807) is 0 Å². The summed E-state index contributed by atoms with van der Waals surface area (Å²) in [6.45, 7) is 15.5. The molecule has 3 rings (SSSR count). The Morgan fingerprint density at radius 2 is 0.892 bits per heavy atom. The van der Waals surface area contributed by atoms with Gasteiger partial charge >= 0.3 is 33.3 Å². The number of nitrogens with zero attached hydrogens (tertiary/aromatic N) is 3. The van der Waals surface area contributed by atoms with Crippen molar-refractivity contribution >= 4 is 89.4 Å². The predicted octanol–water partition coefficient (Wildman–Crippen LogP) is 11.2. The summed E-state index contributed by atoms with van der Waals surface area (Å²) in [6.07, 6.45) is 0. The first-order valence-electron chi connectivity index (χ1n) is 11.1. The number of pyridine rings is 1. The standard InChI is InChI=1S/C27H27Cl4N3.2ClH.Fe/c1-12-14(3)24(30)26(16(5)22(12)28)32-18(7)20-10-9-11-21(34-20)19(8)33-27-17(6)23(29)13(2)15(4)25(27)31;;;/h9-11H,1-8H3;2*1H;/q;;;+2/p-2. The minimum atomic E-state index is 0.194. The first-order chi connectivity index (χ1) is 17.3. The van der Waals surface area contributed by atoms with Crippen LogP contribution < -0.4 is 0 Å². The molecule has 0 saturated heterocycles. The molecule has 0 aliphatic heterocycles. The Hall–Kier alpha value is -0.811. The van der Waals surface area contributed by atoms with E-state index in [4.69, 9.17) is 81.6 Å². The van der Waals surface area contributed by atoms with E-state index in [0.29, 0.717) is 31.5 Å². The SMILES string of the molecule is CC(=Nc1c(C)c(Cl)c(C)c(C)c1Cl)c1cccc(C(C)=Nc2c(C)c(Cl)c(C)c(C)c2Cl)n1.[Cl][Fe][Cl]. The molecule has 1 aromatic heterocycles. The molecular weight excluding hydrogens is 635 g/mol. The Kier molecular flexibility index (Phi) is 12.3. The second-order valence-corrected chi connectivity index (χ2v) is 11.9. The van der Waals surface area contributed by atoms with E-state index in [0.717, 1.165) is 56.2 Å². The van der Waals surface area contributed by atoms with Gasteiger partial charge in [-0.2, -0.15) is 0 Å². The van der Waals surface area contributed by atoms with Gasteiger partial charge in [-0.1, -0.05) is 52.5 Å². The molecule has 0 aliphatic carbocycles. The molecule has 3 nitrogen and oxygen atoms in total. The molecule has 0 bridgehead atoms. The topological polar surface area (TPSA) is 37.6 Å². The van der Waals surface area contributed by atoms with Gasteiger partial charge in [0.25, 0.3) is 0 Å². The normalized spacial score (nSPS) is 12.1. The fraction of sp³-hybridized carbons (Fsp3) is 0.296. The fourth-order valence-electron chi connectivity index (χ4n) is 3.67. The van der Waals surface area contributed by atoms with Crippen LogP contribution in [0, 0.1) is 41.5 Å². The second kappa shape index (κ2) is 14.0. The average molecular weight is 662 g/mol. The van der Waals surface area contributed by atoms with E-state index in [2.05, 4.69) is 0 Å². The number of halogens is 6. The summed E-state index contributed by atoms with van der Waals surface area (Å²) in [7, 11) is 9.53. The molecule has 37 heavy (non-hydrogen) atoms. The zero-order chi connectivity index (χ0) is 28.2. The van der Waals surface area contributed by atoms with Gasteiger partial charge in [0, 0.05) is 10.0 Å². The third-order valence-corrected chi connectivity index (χ3v) is 8.33. The van der Waals surface area contributed by atoms with Crippen LogP contribution in [0.1, 0.15) is 58.6 Å². The molecule has 0 N–H and O–H groups in total. The van der Waals surface area contributed by atoms with Crippen molar-refractivity contribution in [3.05, 3.63) is 83.1 Å². The van der Waals surface area contributed by atoms with E-state index >= 15 is 0 Å². The number of hydrogen-bond donors (Lipinski definition) is 0. The van der Waals surface area contributed by atoms with Crippen molar-refractivity contribution in [2.45, 2.75) is 55.4 Å². The Balaban J connectivity index is 0.00000153. The van der Waals surface area contributed by atoms with Crippen LogP contribution in [0.4, 0.5) is 11.4 Å². The van der Waals surface area contributed by atoms with Crippen molar-refractivity contribution < 1.29 is 13.1 Å². The van der Waals surface area contributed by atoms with Crippen LogP contribution in [0.25, 0.3) is 0 Å². The van der Waals surface area contributed by atoms with Crippen molar-refractivity contribution in [3.8, 4) is 0 Å². The Bertz CT molecular complexity index is 1240. The van der Waals surface area contributed by atoms with E-state index in [-0.39, 0.29) is 13.1 Å². The number of hydrogen-bond acceptors (Lipinski definition) is 3. The van der Waals surface area contributed by atoms with Crippen molar-refractivity contribution in [2.75, 3.05) is 0 Å². The van der Waals surface area contributed by atoms with Gasteiger partial charge in [-0.25, -0.2) is 15.0 Å². The Morgan fingerprint density at radius 3 is 1.22 bits per heavy atom. The maximum atomic E-state index is 6.62. The molecule has 0 amide bonds. The fourth-order valence-corrected chi connectivity index (χ4v) is 4.78. The summed E-state index contributed by atoms with van der Waals surface area (Å²) < 4.78 is 0. The summed E-state index contributed by atoms with van der Waals surface area (Å²) in [5.41, 5.74) is 9.69. The van der Waals surface area contributed by atoms with Crippen LogP contribution in [-0.2, 0) is 13.1 Å². The zero-order valence-corrected chi connectivity index (χ0v) is 27.3. The van der Waals surface area contributed by atoms with Crippen LogP contribution in [0.2, 0.25) is 20.1 Å². The Morgan fingerprint density at radius 1 is 0.595 bits per heavy atom. The number of rotatable bonds is 4. The molecule has 0 aliphatic rings. The molecule has 0 unspecified atom stereocenters. The van der Waals surface area contributed by atoms with Crippen molar-refractivity contribution in [2.24, 2.45) is 9.98 Å². The molecule has 0 atom stereocenters. The molecule has 10 heteroatoms. The molecular formula is C27H27Cl6FeN3. The predicted molar refractivity (Wildman–Crippen MR) is 161 cm³/mol. The first-order valence-corrected chi connectivity index (χ1v) is 15.7. The molecule has 1 heterocycles. The summed E-state index contributed by atoms with van der Waals surface area (Å²) >= 11 is 26.5. The summed E-state index contributed by atoms with van der Waals surface area (Å²) in [6, 6.07) is 5.75. The maximum absolute atomic E-state index is 6.62. The van der Waals surface area contributed by atoms with Gasteiger partial charge in [0.05, 0.1) is 44.2 Å². The third-order valence-electron chi connectivity index (χ3n) is 6.28. The quantitative estimate of drug-likeness (QED) is 0.202. The van der Waals surface area contributed by atoms with Gasteiger partial charge in [0.1, 0.15) is 0 Å². The third kappa shape index (κ3) is 7.24. The van der Waals surface area contributed by atoms with E-state index in [1.807, 2.05) is 73.6 Å². The second-order valence-electron chi connectivity index (χ2n) is 8.56. The van der Waals surface area contributed by atoms with E-state index in [1.165, 1.54) is 0 Å². The molecule has 0 radical (unpaired) electrons. The molecule has 0 spiro atoms. The Labute approximate surface area is 254 Å². The van der Waals surface area contributed by atoms with Crippen molar-refractivity contribution in [3.63, 3.8) is 0 Å². The van der Waals surface area contributed by atoms with E-state index in [9.17, 15) is 0 Å². The average Bonchev–Trinajstić information content (AvgIpc) is 2.89. The molecule has 0 fully saturated rings. The van der Waals surface area contributed by atoms with Gasteiger partial charge in [-0.05, 0) is 101 Å². The summed E-state index contributed by atoms with van der Waals surface area (Å²) in [4.78, 5) is 14.4. The molecule has 2 aromatic carbocycles. The number of benzene rings is 2. The van der Waals surface area contributed by atoms with Crippen LogP contribution in [-0.4, -0.2) is 16.4 Å². The zero-order valence-electron chi connectivity index (χ0n) is 21.7. The van der Waals surface area contributed by atoms with Crippen LogP contribution in [0.3, 0.4) is 0 Å². The van der Waals surface area contributed by atoms with Gasteiger partial charge in [-0.15, -0.1) is 0 Å². The van der Waals surface area contributed by atoms with Gasteiger partial charge < -0.3 is 0 Å². The van der Waals surface area contributed by atoms with Crippen molar-refractivity contribution in [1.82, 2.24) is 4.98 Å². The van der Waals surface area contributed by atoms with Crippen LogP contribution >= 0.6 is 66.6 Å². The van der Waals surface area contributed by atoms with E-state index < -0.39 is 0 Å². The first kappa shape index (κ1) is 32.4. The van der Waals surface area contributed by atoms with Gasteiger partial charge in [0.15, 0.2) is 0 Å². The molecule has 3 aromatic rings. The summed E-state index contributed by atoms with van der Waals surface area (Å²) in [5, 5.41) is 2.56. The minimum absolute atomic E-state index is 0.194. The van der Waals surface area contributed by atoms with Crippen LogP contribution in [0.15, 0.2) is 28.2 Å². The summed E-state index contributed by atoms with van der Waals surface area (Å²) in [5.74, 6) is 0. The number of aliphatic imine (C=N–C) groups is 2. The van der Waals surface area contributed by atoms with Gasteiger partial charge in [0.2, 0.25) is 0 Å². The molecule has 0 saturated carbocycles. The monoisotopic (exact) mass is 659 g/mol. The number of aromatic nitrogens is 1. The van der Waals surface area contributed by atoms with Crippen molar-refractivity contribution in [1.29, 1.82) is 0 Å². The van der Waals surface area contributed by atoms with Crippen LogP contribution in [0.5, 0.6) is 0 Å².